The first-order valence-electron chi connectivity index (χ1n) is 5.10. The zero-order valence-corrected chi connectivity index (χ0v) is 9.38. The summed E-state index contributed by atoms with van der Waals surface area (Å²) in [6.07, 6.45) is 3.07. The van der Waals surface area contributed by atoms with E-state index in [0.717, 1.165) is 0 Å². The molecule has 0 saturated carbocycles. The van der Waals surface area contributed by atoms with Gasteiger partial charge in [-0.1, -0.05) is 0 Å². The number of ketones is 1. The van der Waals surface area contributed by atoms with E-state index in [1.807, 2.05) is 0 Å². The van der Waals surface area contributed by atoms with Crippen LogP contribution in [0.4, 0.5) is 5.69 Å². The Bertz CT molecular complexity index is 535. The number of nitrogens with two attached hydrogens (primary N) is 1. The SMILES string of the molecule is COc1cncc(C(=O)c2ccc(N)cc2)c1. The Kier molecular flexibility index (Phi) is 3.05. The van der Waals surface area contributed by atoms with Gasteiger partial charge in [0, 0.05) is 23.0 Å². The Balaban J connectivity index is 2.33. The minimum Gasteiger partial charge on any atom is -0.495 e. The smallest absolute Gasteiger partial charge is 0.194 e. The summed E-state index contributed by atoms with van der Waals surface area (Å²) >= 11 is 0. The molecule has 1 aromatic heterocycles. The van der Waals surface area contributed by atoms with E-state index in [1.54, 1.807) is 36.5 Å². The third-order valence-electron chi connectivity index (χ3n) is 2.38. The number of anilines is 1. The van der Waals surface area contributed by atoms with Gasteiger partial charge in [-0.15, -0.1) is 0 Å². The lowest BCUT2D eigenvalue weighted by atomic mass is 10.0. The van der Waals surface area contributed by atoms with Crippen molar-refractivity contribution in [3.05, 3.63) is 53.9 Å². The molecule has 2 rings (SSSR count). The number of pyridine rings is 1. The van der Waals surface area contributed by atoms with E-state index in [4.69, 9.17) is 10.5 Å². The molecule has 4 nitrogen and oxygen atoms in total. The van der Waals surface area contributed by atoms with Gasteiger partial charge in [0.25, 0.3) is 0 Å². The van der Waals surface area contributed by atoms with E-state index in [0.29, 0.717) is 22.6 Å². The number of ether oxygens (including phenoxy) is 1. The van der Waals surface area contributed by atoms with E-state index in [2.05, 4.69) is 4.98 Å². The molecule has 0 bridgehead atoms. The lowest BCUT2D eigenvalue weighted by Gasteiger charge is -2.03. The summed E-state index contributed by atoms with van der Waals surface area (Å²) in [5, 5.41) is 0. The topological polar surface area (TPSA) is 65.2 Å². The van der Waals surface area contributed by atoms with Gasteiger partial charge in [-0.2, -0.15) is 0 Å². The molecule has 0 aliphatic heterocycles. The van der Waals surface area contributed by atoms with Gasteiger partial charge in [-0.3, -0.25) is 9.78 Å². The Morgan fingerprint density at radius 1 is 1.18 bits per heavy atom. The van der Waals surface area contributed by atoms with Crippen LogP contribution in [0.5, 0.6) is 5.75 Å². The lowest BCUT2D eigenvalue weighted by molar-refractivity contribution is 0.103. The van der Waals surface area contributed by atoms with Crippen LogP contribution >= 0.6 is 0 Å². The molecule has 0 aliphatic rings. The molecule has 2 N–H and O–H groups in total. The van der Waals surface area contributed by atoms with Crippen molar-refractivity contribution in [2.45, 2.75) is 0 Å². The standard InChI is InChI=1S/C13H12N2O2/c1-17-12-6-10(7-15-8-12)13(16)9-2-4-11(14)5-3-9/h2-8H,14H2,1H3. The third-order valence-corrected chi connectivity index (χ3v) is 2.38. The molecule has 4 heteroatoms. The first-order chi connectivity index (χ1) is 8.20. The highest BCUT2D eigenvalue weighted by molar-refractivity contribution is 6.09. The van der Waals surface area contributed by atoms with E-state index in [9.17, 15) is 4.79 Å². The average molecular weight is 228 g/mol. The maximum absolute atomic E-state index is 12.1. The highest BCUT2D eigenvalue weighted by atomic mass is 16.5. The summed E-state index contributed by atoms with van der Waals surface area (Å²) in [7, 11) is 1.54. The van der Waals surface area contributed by atoms with Crippen LogP contribution in [0.1, 0.15) is 15.9 Å². The Hall–Kier alpha value is -2.36. The zero-order valence-electron chi connectivity index (χ0n) is 9.38. The lowest BCUT2D eigenvalue weighted by Crippen LogP contribution is -2.02. The molecule has 0 fully saturated rings. The van der Waals surface area contributed by atoms with Gasteiger partial charge in [0.1, 0.15) is 5.75 Å². The predicted molar refractivity (Wildman–Crippen MR) is 65.1 cm³/mol. The first-order valence-corrected chi connectivity index (χ1v) is 5.10. The fourth-order valence-corrected chi connectivity index (χ4v) is 1.46. The van der Waals surface area contributed by atoms with Crippen molar-refractivity contribution in [1.82, 2.24) is 4.98 Å². The molecule has 17 heavy (non-hydrogen) atoms. The normalized spacial score (nSPS) is 9.94. The number of nitrogen functional groups attached to an aromatic ring is 1. The van der Waals surface area contributed by atoms with Gasteiger partial charge in [0.15, 0.2) is 5.78 Å². The second-order valence-corrected chi connectivity index (χ2v) is 3.56. The molecule has 0 spiro atoms. The number of carbonyl (C=O) groups is 1. The number of hydrogen-bond acceptors (Lipinski definition) is 4. The molecule has 86 valence electrons. The summed E-state index contributed by atoms with van der Waals surface area (Å²) < 4.78 is 5.03. The quantitative estimate of drug-likeness (QED) is 0.643. The van der Waals surface area contributed by atoms with Crippen LogP contribution in [0, 0.1) is 0 Å². The molecule has 2 aromatic rings. The van der Waals surface area contributed by atoms with Crippen molar-refractivity contribution in [2.75, 3.05) is 12.8 Å². The van der Waals surface area contributed by atoms with E-state index >= 15 is 0 Å². The van der Waals surface area contributed by atoms with Gasteiger partial charge in [-0.25, -0.2) is 0 Å². The first kappa shape index (κ1) is 11.1. The molecule has 0 aliphatic carbocycles. The molecule has 0 saturated heterocycles. The van der Waals surface area contributed by atoms with E-state index < -0.39 is 0 Å². The van der Waals surface area contributed by atoms with Crippen LogP contribution in [0.3, 0.4) is 0 Å². The summed E-state index contributed by atoms with van der Waals surface area (Å²) in [5.74, 6) is 0.461. The number of rotatable bonds is 3. The fraction of sp³-hybridized carbons (Fsp3) is 0.0769. The molecule has 0 amide bonds. The number of benzene rings is 1. The molecule has 0 unspecified atom stereocenters. The molecule has 0 atom stereocenters. The average Bonchev–Trinajstić information content (AvgIpc) is 2.39. The van der Waals surface area contributed by atoms with Crippen molar-refractivity contribution >= 4 is 11.5 Å². The Morgan fingerprint density at radius 2 is 1.88 bits per heavy atom. The summed E-state index contributed by atoms with van der Waals surface area (Å²) in [4.78, 5) is 16.0. The maximum atomic E-state index is 12.1. The summed E-state index contributed by atoms with van der Waals surface area (Å²) in [6.45, 7) is 0. The second-order valence-electron chi connectivity index (χ2n) is 3.56. The van der Waals surface area contributed by atoms with Crippen molar-refractivity contribution < 1.29 is 9.53 Å². The maximum Gasteiger partial charge on any atom is 0.194 e. The van der Waals surface area contributed by atoms with Gasteiger partial charge in [0.05, 0.1) is 13.3 Å². The summed E-state index contributed by atoms with van der Waals surface area (Å²) in [6, 6.07) is 8.43. The van der Waals surface area contributed by atoms with Crippen LogP contribution in [0.25, 0.3) is 0 Å². The molecular formula is C13H12N2O2. The van der Waals surface area contributed by atoms with Crippen molar-refractivity contribution in [3.8, 4) is 5.75 Å². The molecule has 1 heterocycles. The third kappa shape index (κ3) is 2.42. The monoisotopic (exact) mass is 228 g/mol. The number of carbonyl (C=O) groups excluding carboxylic acids is 1. The van der Waals surface area contributed by atoms with Gasteiger partial charge in [-0.05, 0) is 30.3 Å². The Labute approximate surface area is 99.1 Å². The number of methoxy groups -OCH3 is 1. The number of aromatic nitrogens is 1. The Morgan fingerprint density at radius 3 is 2.53 bits per heavy atom. The predicted octanol–water partition coefficient (Wildman–Crippen LogP) is 1.90. The van der Waals surface area contributed by atoms with Crippen LogP contribution < -0.4 is 10.5 Å². The number of nitrogens with zero attached hydrogens (tertiary/aromatic N) is 1. The van der Waals surface area contributed by atoms with Crippen LogP contribution in [-0.4, -0.2) is 17.9 Å². The van der Waals surface area contributed by atoms with Gasteiger partial charge in [0.2, 0.25) is 0 Å². The molecular weight excluding hydrogens is 216 g/mol. The number of hydrogen-bond donors (Lipinski definition) is 1. The van der Waals surface area contributed by atoms with Crippen LogP contribution in [-0.2, 0) is 0 Å². The second kappa shape index (κ2) is 4.65. The highest BCUT2D eigenvalue weighted by Crippen LogP contribution is 2.15. The van der Waals surface area contributed by atoms with E-state index in [-0.39, 0.29) is 5.78 Å². The van der Waals surface area contributed by atoms with Gasteiger partial charge >= 0.3 is 0 Å². The minimum atomic E-state index is -0.101. The molecule has 1 aromatic carbocycles. The van der Waals surface area contributed by atoms with Crippen molar-refractivity contribution in [1.29, 1.82) is 0 Å². The van der Waals surface area contributed by atoms with Crippen LogP contribution in [0.2, 0.25) is 0 Å². The van der Waals surface area contributed by atoms with Gasteiger partial charge < -0.3 is 10.5 Å². The van der Waals surface area contributed by atoms with Crippen LogP contribution in [0.15, 0.2) is 42.7 Å². The zero-order chi connectivity index (χ0) is 12.3. The largest absolute Gasteiger partial charge is 0.495 e. The highest BCUT2D eigenvalue weighted by Gasteiger charge is 2.09. The van der Waals surface area contributed by atoms with E-state index in [1.165, 1.54) is 13.3 Å². The van der Waals surface area contributed by atoms with Crippen molar-refractivity contribution in [2.24, 2.45) is 0 Å². The molecule has 0 radical (unpaired) electrons. The summed E-state index contributed by atoms with van der Waals surface area (Å²) in [5.41, 5.74) is 7.27. The van der Waals surface area contributed by atoms with Crippen molar-refractivity contribution in [3.63, 3.8) is 0 Å². The minimum absolute atomic E-state index is 0.101. The fourth-order valence-electron chi connectivity index (χ4n) is 1.46.